The largest absolute Gasteiger partial charge is 0.286 e. The van der Waals surface area contributed by atoms with Gasteiger partial charge >= 0.3 is 0 Å². The maximum absolute atomic E-state index is 12.8. The number of rotatable bonds is 0. The summed E-state index contributed by atoms with van der Waals surface area (Å²) in [6, 6.07) is 16.9. The molecule has 0 unspecified atom stereocenters. The molecule has 0 spiro atoms. The van der Waals surface area contributed by atoms with Gasteiger partial charge in [-0.3, -0.25) is 29.0 Å². The van der Waals surface area contributed by atoms with E-state index in [1.54, 1.807) is 24.3 Å². The van der Waals surface area contributed by atoms with E-state index in [0.29, 0.717) is 33.0 Å². The first-order valence-electron chi connectivity index (χ1n) is 10.1. The maximum atomic E-state index is 12.8. The summed E-state index contributed by atoms with van der Waals surface area (Å²) in [7, 11) is 2.95. The molecule has 0 atom stereocenters. The summed E-state index contributed by atoms with van der Waals surface area (Å²) in [5.74, 6) is -1.40. The first kappa shape index (κ1) is 23.6. The summed E-state index contributed by atoms with van der Waals surface area (Å²) in [5, 5.41) is 5.86. The smallest absolute Gasteiger partial charge is 0.258 e. The minimum Gasteiger partial charge on any atom is -0.286 e. The molecule has 6 nitrogen and oxygen atoms in total. The van der Waals surface area contributed by atoms with Crippen LogP contribution in [0.1, 0.15) is 41.4 Å². The third-order valence-electron chi connectivity index (χ3n) is 6.85. The van der Waals surface area contributed by atoms with Gasteiger partial charge in [-0.25, -0.2) is 0 Å². The van der Waals surface area contributed by atoms with Gasteiger partial charge in [-0.15, -0.1) is 57.9 Å². The van der Waals surface area contributed by atoms with Gasteiger partial charge in [-0.2, -0.15) is 10.8 Å². The van der Waals surface area contributed by atoms with Crippen LogP contribution >= 0.6 is 0 Å². The SMILES string of the molecule is CN1C(=O)c2c[c-]c3c4ccc5c6c(c[c-]c(c7ccc(c2c37)C1=O)c64)C(=O)N(C)C5=O.[Y].[Y]. The molecule has 0 fully saturated rings. The fourth-order valence-corrected chi connectivity index (χ4v) is 5.30. The number of carbonyl (C=O) groups is 4. The number of imide groups is 2. The number of amides is 4. The van der Waals surface area contributed by atoms with Crippen LogP contribution in [-0.4, -0.2) is 47.5 Å². The molecule has 0 aromatic heterocycles. The zero-order valence-corrected chi connectivity index (χ0v) is 23.8. The minimum atomic E-state index is -0.360. The molecule has 158 valence electrons. The molecule has 2 radical (unpaired) electrons. The van der Waals surface area contributed by atoms with E-state index >= 15 is 0 Å². The van der Waals surface area contributed by atoms with Crippen LogP contribution in [0, 0.1) is 12.1 Å². The van der Waals surface area contributed by atoms with Crippen molar-refractivity contribution < 1.29 is 84.6 Å². The van der Waals surface area contributed by atoms with E-state index in [-0.39, 0.29) is 89.0 Å². The van der Waals surface area contributed by atoms with E-state index in [9.17, 15) is 19.2 Å². The molecule has 0 saturated carbocycles. The molecule has 7 rings (SSSR count). The molecule has 34 heavy (non-hydrogen) atoms. The van der Waals surface area contributed by atoms with Gasteiger partial charge in [0, 0.05) is 90.6 Å². The molecule has 0 aliphatic carbocycles. The Morgan fingerprint density at radius 2 is 0.882 bits per heavy atom. The van der Waals surface area contributed by atoms with Crippen LogP contribution in [0.4, 0.5) is 0 Å². The maximum Gasteiger partial charge on any atom is 0.258 e. The number of nitrogens with zero attached hydrogens (tertiary/aromatic N) is 2. The average molecular weight is 594 g/mol. The second-order valence-electron chi connectivity index (χ2n) is 8.31. The topological polar surface area (TPSA) is 74.8 Å². The first-order chi connectivity index (χ1) is 15.4. The molecule has 2 heterocycles. The molecule has 4 amide bonds. The fraction of sp³-hybridized carbons (Fsp3) is 0.0769. The number of hydrogen-bond donors (Lipinski definition) is 0. The van der Waals surface area contributed by atoms with Gasteiger partial charge in [0.15, 0.2) is 0 Å². The van der Waals surface area contributed by atoms with Crippen LogP contribution in [0.25, 0.3) is 43.1 Å². The van der Waals surface area contributed by atoms with Crippen molar-refractivity contribution >= 4 is 66.7 Å². The quantitative estimate of drug-likeness (QED) is 0.119. The number of hydrogen-bond acceptors (Lipinski definition) is 4. The van der Waals surface area contributed by atoms with Crippen molar-refractivity contribution in [3.8, 4) is 0 Å². The molecular weight excluding hydrogens is 582 g/mol. The van der Waals surface area contributed by atoms with Crippen LogP contribution < -0.4 is 0 Å². The predicted molar refractivity (Wildman–Crippen MR) is 118 cm³/mol. The molecule has 2 aliphatic rings. The Bertz CT molecular complexity index is 1540. The monoisotopic (exact) mass is 594 g/mol. The second kappa shape index (κ2) is 7.69. The van der Waals surface area contributed by atoms with Gasteiger partial charge in [-0.05, 0) is 11.1 Å². The molecule has 0 saturated heterocycles. The molecule has 5 aromatic rings. The molecular formula is C26H12N2O4Y2-2. The van der Waals surface area contributed by atoms with Gasteiger partial charge in [0.05, 0.1) is 0 Å². The van der Waals surface area contributed by atoms with Crippen molar-refractivity contribution in [3.63, 3.8) is 0 Å². The van der Waals surface area contributed by atoms with Crippen molar-refractivity contribution in [2.75, 3.05) is 14.1 Å². The van der Waals surface area contributed by atoms with Crippen LogP contribution in [0.3, 0.4) is 0 Å². The third-order valence-corrected chi connectivity index (χ3v) is 6.85. The van der Waals surface area contributed by atoms with Gasteiger partial charge in [0.1, 0.15) is 0 Å². The van der Waals surface area contributed by atoms with E-state index in [1.165, 1.54) is 14.1 Å². The summed E-state index contributed by atoms with van der Waals surface area (Å²) < 4.78 is 0. The van der Waals surface area contributed by atoms with E-state index in [0.717, 1.165) is 42.1 Å². The van der Waals surface area contributed by atoms with Crippen LogP contribution in [0.15, 0.2) is 36.4 Å². The Morgan fingerprint density at radius 1 is 0.529 bits per heavy atom. The number of benzene rings is 5. The molecule has 0 bridgehead atoms. The second-order valence-corrected chi connectivity index (χ2v) is 8.31. The predicted octanol–water partition coefficient (Wildman–Crippen LogP) is 3.78. The summed E-state index contributed by atoms with van der Waals surface area (Å²) >= 11 is 0. The van der Waals surface area contributed by atoms with Crippen molar-refractivity contribution in [2.45, 2.75) is 0 Å². The minimum absolute atomic E-state index is 0. The average Bonchev–Trinajstić information content (AvgIpc) is 2.82. The first-order valence-corrected chi connectivity index (χ1v) is 10.1. The Balaban J connectivity index is 0.00000120. The molecule has 0 N–H and O–H groups in total. The normalized spacial score (nSPS) is 15.0. The Labute approximate surface area is 243 Å². The summed E-state index contributed by atoms with van der Waals surface area (Å²) in [6.45, 7) is 0. The van der Waals surface area contributed by atoms with Crippen molar-refractivity contribution in [1.82, 2.24) is 9.80 Å². The summed E-state index contributed by atoms with van der Waals surface area (Å²) in [5.41, 5.74) is 1.81. The van der Waals surface area contributed by atoms with Crippen molar-refractivity contribution in [2.24, 2.45) is 0 Å². The van der Waals surface area contributed by atoms with Crippen molar-refractivity contribution in [3.05, 3.63) is 70.8 Å². The zero-order chi connectivity index (χ0) is 22.0. The van der Waals surface area contributed by atoms with E-state index in [4.69, 9.17) is 0 Å². The van der Waals surface area contributed by atoms with Gasteiger partial charge < -0.3 is 0 Å². The molecule has 2 aliphatic heterocycles. The zero-order valence-electron chi connectivity index (χ0n) is 18.1. The molecule has 5 aromatic carbocycles. The van der Waals surface area contributed by atoms with Crippen LogP contribution in [-0.2, 0) is 65.4 Å². The third kappa shape index (κ3) is 2.60. The Morgan fingerprint density at radius 3 is 1.26 bits per heavy atom. The number of carbonyl (C=O) groups excluding carboxylic acids is 4. The summed E-state index contributed by atoms with van der Waals surface area (Å²) in [6.07, 6.45) is 0. The Hall–Kier alpha value is -2.11. The van der Waals surface area contributed by atoms with Gasteiger partial charge in [0.2, 0.25) is 11.8 Å². The number of fused-ring (bicyclic) bond motifs is 2. The van der Waals surface area contributed by atoms with E-state index in [2.05, 4.69) is 12.1 Å². The van der Waals surface area contributed by atoms with Crippen LogP contribution in [0.5, 0.6) is 0 Å². The summed E-state index contributed by atoms with van der Waals surface area (Å²) in [4.78, 5) is 53.5. The fourth-order valence-electron chi connectivity index (χ4n) is 5.30. The standard InChI is InChI=1S/C26H12N2O4.2Y/c1-27-23(29)15-7-3-11-13-5-9-17-22-18(26(32)28(2)25(17)31)10-6-14(20(13)22)12-4-8-16(24(27)30)21(15)19(11)12;;/h3,6-10H,1-2H3;;/q-2;;. The van der Waals surface area contributed by atoms with Gasteiger partial charge in [-0.1, -0.05) is 22.9 Å². The van der Waals surface area contributed by atoms with Crippen molar-refractivity contribution in [1.29, 1.82) is 0 Å². The molecule has 8 heteroatoms. The van der Waals surface area contributed by atoms with E-state index in [1.807, 2.05) is 12.1 Å². The van der Waals surface area contributed by atoms with Crippen LogP contribution in [0.2, 0.25) is 0 Å². The van der Waals surface area contributed by atoms with Gasteiger partial charge in [0.25, 0.3) is 11.8 Å². The van der Waals surface area contributed by atoms with E-state index < -0.39 is 0 Å². The Kier molecular flexibility index (Phi) is 5.34.